The van der Waals surface area contributed by atoms with Gasteiger partial charge in [0, 0.05) is 13.1 Å². The summed E-state index contributed by atoms with van der Waals surface area (Å²) < 4.78 is 45.0. The molecule has 0 unspecified atom stereocenters. The molecular formula is C13H17FN2O4S. The van der Waals surface area contributed by atoms with Gasteiger partial charge in [-0.3, -0.25) is 9.10 Å². The van der Waals surface area contributed by atoms with Gasteiger partial charge in [-0.25, -0.2) is 4.39 Å². The number of carbonyl (C=O) groups is 1. The molecule has 1 fully saturated rings. The van der Waals surface area contributed by atoms with E-state index in [1.54, 1.807) is 6.92 Å². The molecule has 0 bridgehead atoms. The van der Waals surface area contributed by atoms with Gasteiger partial charge < -0.3 is 4.74 Å². The summed E-state index contributed by atoms with van der Waals surface area (Å²) in [6, 6.07) is 5.21. The van der Waals surface area contributed by atoms with Crippen LogP contribution >= 0.6 is 0 Å². The molecule has 0 saturated carbocycles. The van der Waals surface area contributed by atoms with Gasteiger partial charge in [0.05, 0.1) is 12.3 Å². The molecule has 1 saturated heterocycles. The van der Waals surface area contributed by atoms with Crippen molar-refractivity contribution in [2.45, 2.75) is 13.3 Å². The Labute approximate surface area is 123 Å². The highest BCUT2D eigenvalue weighted by Crippen LogP contribution is 2.24. The van der Waals surface area contributed by atoms with Crippen molar-refractivity contribution < 1.29 is 22.3 Å². The van der Waals surface area contributed by atoms with E-state index >= 15 is 0 Å². The number of hydrogen-bond acceptors (Lipinski definition) is 4. The quantitative estimate of drug-likeness (QED) is 0.782. The van der Waals surface area contributed by atoms with Crippen molar-refractivity contribution in [3.63, 3.8) is 0 Å². The Kier molecular flexibility index (Phi) is 4.79. The van der Waals surface area contributed by atoms with Crippen molar-refractivity contribution in [3.8, 4) is 0 Å². The Morgan fingerprint density at radius 2 is 1.95 bits per heavy atom. The third-order valence-electron chi connectivity index (χ3n) is 3.10. The van der Waals surface area contributed by atoms with Crippen LogP contribution in [0.3, 0.4) is 0 Å². The summed E-state index contributed by atoms with van der Waals surface area (Å²) in [5, 5.41) is 0. The van der Waals surface area contributed by atoms with Gasteiger partial charge in [-0.1, -0.05) is 0 Å². The molecular weight excluding hydrogens is 299 g/mol. The molecule has 0 amide bonds. The number of halogens is 1. The zero-order valence-electron chi connectivity index (χ0n) is 11.7. The molecule has 1 aromatic rings. The lowest BCUT2D eigenvalue weighted by atomic mass is 10.3. The van der Waals surface area contributed by atoms with Gasteiger partial charge in [0.1, 0.15) is 12.4 Å². The fourth-order valence-electron chi connectivity index (χ4n) is 2.14. The Morgan fingerprint density at radius 1 is 1.29 bits per heavy atom. The predicted octanol–water partition coefficient (Wildman–Crippen LogP) is 1.15. The summed E-state index contributed by atoms with van der Waals surface area (Å²) in [5.74, 6) is -1.02. The number of nitrogens with zero attached hydrogens (tertiary/aromatic N) is 2. The lowest BCUT2D eigenvalue weighted by Crippen LogP contribution is -2.51. The zero-order valence-corrected chi connectivity index (χ0v) is 12.5. The maximum atomic E-state index is 12.9. The van der Waals surface area contributed by atoms with E-state index in [4.69, 9.17) is 4.74 Å². The van der Waals surface area contributed by atoms with Crippen molar-refractivity contribution in [2.75, 3.05) is 30.5 Å². The third kappa shape index (κ3) is 3.51. The average molecular weight is 316 g/mol. The molecule has 6 nitrogen and oxygen atoms in total. The van der Waals surface area contributed by atoms with E-state index in [0.717, 1.165) is 4.31 Å². The first-order valence-corrected chi connectivity index (χ1v) is 8.04. The SMILES string of the molecule is CCOC(=O)CN1CCCN(c2ccc(F)cc2)S1(=O)=O. The fraction of sp³-hybridized carbons (Fsp3) is 0.462. The van der Waals surface area contributed by atoms with E-state index in [0.29, 0.717) is 18.7 Å². The van der Waals surface area contributed by atoms with Crippen LogP contribution in [-0.2, 0) is 19.7 Å². The molecule has 1 aromatic carbocycles. The Hall–Kier alpha value is -1.67. The number of carbonyl (C=O) groups excluding carboxylic acids is 1. The molecule has 0 atom stereocenters. The maximum Gasteiger partial charge on any atom is 0.321 e. The van der Waals surface area contributed by atoms with Gasteiger partial charge in [0.2, 0.25) is 0 Å². The van der Waals surface area contributed by atoms with E-state index in [-0.39, 0.29) is 19.7 Å². The topological polar surface area (TPSA) is 66.9 Å². The van der Waals surface area contributed by atoms with E-state index in [1.807, 2.05) is 0 Å². The smallest absolute Gasteiger partial charge is 0.321 e. The summed E-state index contributed by atoms with van der Waals surface area (Å²) in [4.78, 5) is 11.5. The monoisotopic (exact) mass is 316 g/mol. The van der Waals surface area contributed by atoms with Crippen LogP contribution in [0.1, 0.15) is 13.3 Å². The van der Waals surface area contributed by atoms with Crippen LogP contribution in [0.15, 0.2) is 24.3 Å². The van der Waals surface area contributed by atoms with E-state index < -0.39 is 22.0 Å². The number of benzene rings is 1. The molecule has 1 heterocycles. The van der Waals surface area contributed by atoms with Crippen LogP contribution < -0.4 is 4.31 Å². The number of anilines is 1. The van der Waals surface area contributed by atoms with E-state index in [9.17, 15) is 17.6 Å². The molecule has 0 aromatic heterocycles. The highest BCUT2D eigenvalue weighted by Gasteiger charge is 2.35. The molecule has 0 spiro atoms. The first kappa shape index (κ1) is 15.7. The fourth-order valence-corrected chi connectivity index (χ4v) is 3.80. The van der Waals surface area contributed by atoms with Crippen LogP contribution in [0.25, 0.3) is 0 Å². The minimum Gasteiger partial charge on any atom is -0.465 e. The first-order chi connectivity index (χ1) is 9.95. The van der Waals surface area contributed by atoms with Gasteiger partial charge in [-0.2, -0.15) is 12.7 Å². The number of esters is 1. The summed E-state index contributed by atoms with van der Waals surface area (Å²) in [6.07, 6.45) is 0.579. The van der Waals surface area contributed by atoms with Crippen molar-refractivity contribution in [2.24, 2.45) is 0 Å². The Balaban J connectivity index is 2.20. The summed E-state index contributed by atoms with van der Waals surface area (Å²) in [5.41, 5.74) is 0.380. The van der Waals surface area contributed by atoms with Crippen LogP contribution in [0.2, 0.25) is 0 Å². The molecule has 1 aliphatic rings. The predicted molar refractivity (Wildman–Crippen MR) is 75.5 cm³/mol. The second-order valence-corrected chi connectivity index (χ2v) is 6.40. The van der Waals surface area contributed by atoms with Crippen molar-refractivity contribution in [1.82, 2.24) is 4.31 Å². The maximum absolute atomic E-state index is 12.9. The standard InChI is InChI=1S/C13H17FN2O4S/c1-2-20-13(17)10-15-8-3-9-16(21(15,18)19)12-6-4-11(14)5-7-12/h4-7H,2-3,8-10H2,1H3. The highest BCUT2D eigenvalue weighted by molar-refractivity contribution is 7.90. The summed E-state index contributed by atoms with van der Waals surface area (Å²) >= 11 is 0. The normalized spacial score (nSPS) is 18.5. The summed E-state index contributed by atoms with van der Waals surface area (Å²) in [6.45, 7) is 2.11. The van der Waals surface area contributed by atoms with Gasteiger partial charge in [-0.05, 0) is 37.6 Å². The lowest BCUT2D eigenvalue weighted by Gasteiger charge is -2.35. The van der Waals surface area contributed by atoms with Gasteiger partial charge >= 0.3 is 16.2 Å². The van der Waals surface area contributed by atoms with Crippen molar-refractivity contribution in [1.29, 1.82) is 0 Å². The van der Waals surface area contributed by atoms with Crippen molar-refractivity contribution >= 4 is 21.9 Å². The average Bonchev–Trinajstić information content (AvgIpc) is 2.42. The number of ether oxygens (including phenoxy) is 1. The molecule has 1 aliphatic heterocycles. The Bertz CT molecular complexity index is 603. The molecule has 21 heavy (non-hydrogen) atoms. The van der Waals surface area contributed by atoms with Crippen LogP contribution in [0.5, 0.6) is 0 Å². The molecule has 0 radical (unpaired) electrons. The summed E-state index contributed by atoms with van der Waals surface area (Å²) in [7, 11) is -3.80. The zero-order chi connectivity index (χ0) is 15.5. The Morgan fingerprint density at radius 3 is 2.57 bits per heavy atom. The van der Waals surface area contributed by atoms with Crippen LogP contribution in [-0.4, -0.2) is 44.9 Å². The van der Waals surface area contributed by atoms with E-state index in [2.05, 4.69) is 0 Å². The minimum absolute atomic E-state index is 0.203. The molecule has 0 aliphatic carbocycles. The minimum atomic E-state index is -3.80. The molecule has 116 valence electrons. The van der Waals surface area contributed by atoms with Crippen LogP contribution in [0.4, 0.5) is 10.1 Å². The van der Waals surface area contributed by atoms with E-state index in [1.165, 1.54) is 28.6 Å². The van der Waals surface area contributed by atoms with Gasteiger partial charge in [0.15, 0.2) is 0 Å². The highest BCUT2D eigenvalue weighted by atomic mass is 32.2. The largest absolute Gasteiger partial charge is 0.465 e. The van der Waals surface area contributed by atoms with Gasteiger partial charge in [-0.15, -0.1) is 0 Å². The number of rotatable bonds is 4. The molecule has 2 rings (SSSR count). The molecule has 0 N–H and O–H groups in total. The second-order valence-electron chi connectivity index (χ2n) is 4.55. The second kappa shape index (κ2) is 6.40. The van der Waals surface area contributed by atoms with Gasteiger partial charge in [0.25, 0.3) is 0 Å². The third-order valence-corrected chi connectivity index (χ3v) is 5.01. The molecule has 8 heteroatoms. The lowest BCUT2D eigenvalue weighted by molar-refractivity contribution is -0.143. The number of hydrogen-bond donors (Lipinski definition) is 0. The van der Waals surface area contributed by atoms with Crippen LogP contribution in [0, 0.1) is 5.82 Å². The van der Waals surface area contributed by atoms with Crippen molar-refractivity contribution in [3.05, 3.63) is 30.1 Å². The first-order valence-electron chi connectivity index (χ1n) is 6.64.